The highest BCUT2D eigenvalue weighted by atomic mass is 32.2. The number of nitrogens with two attached hydrogens (primary N) is 1. The molecule has 0 radical (unpaired) electrons. The van der Waals surface area contributed by atoms with Crippen LogP contribution >= 0.6 is 11.8 Å². The van der Waals surface area contributed by atoms with E-state index in [1.807, 2.05) is 18.7 Å². The van der Waals surface area contributed by atoms with Gasteiger partial charge in [0.15, 0.2) is 0 Å². The molecule has 0 atom stereocenters. The molecule has 1 aliphatic heterocycles. The molecule has 4 N–H and O–H groups in total. The lowest BCUT2D eigenvalue weighted by molar-refractivity contribution is 0.466. The molecule has 0 spiro atoms. The third kappa shape index (κ3) is 7.69. The van der Waals surface area contributed by atoms with Crippen molar-refractivity contribution >= 4 is 27.8 Å². The highest BCUT2D eigenvalue weighted by Gasteiger charge is 2.11. The largest absolute Gasteiger partial charge is 0.355 e. The first-order chi connectivity index (χ1) is 10.8. The van der Waals surface area contributed by atoms with Crippen LogP contribution in [0.25, 0.3) is 0 Å². The van der Waals surface area contributed by atoms with Crippen molar-refractivity contribution in [2.45, 2.75) is 18.2 Å². The van der Waals surface area contributed by atoms with Crippen molar-refractivity contribution in [3.8, 4) is 0 Å². The van der Waals surface area contributed by atoms with Gasteiger partial charge in [-0.2, -0.15) is 20.2 Å². The van der Waals surface area contributed by atoms with Crippen LogP contribution in [-0.2, 0) is 10.1 Å². The van der Waals surface area contributed by atoms with Crippen molar-refractivity contribution in [2.75, 3.05) is 31.6 Å². The van der Waals surface area contributed by atoms with Gasteiger partial charge in [0.25, 0.3) is 10.1 Å². The van der Waals surface area contributed by atoms with E-state index in [0.717, 1.165) is 37.6 Å². The summed E-state index contributed by atoms with van der Waals surface area (Å²) in [6.45, 7) is 4.47. The minimum absolute atomic E-state index is 0.0666. The van der Waals surface area contributed by atoms with Gasteiger partial charge in [0.1, 0.15) is 0 Å². The number of aryl methyl sites for hydroxylation is 1. The number of hydrogen-bond donors (Lipinski definition) is 3. The Hall–Kier alpha value is -1.29. The number of guanidine groups is 1. The summed E-state index contributed by atoms with van der Waals surface area (Å²) >= 11 is 1.86. The molecule has 9 heteroatoms. The van der Waals surface area contributed by atoms with E-state index in [1.165, 1.54) is 17.9 Å². The number of benzene rings is 1. The lowest BCUT2D eigenvalue weighted by Crippen LogP contribution is -2.43. The predicted molar refractivity (Wildman–Crippen MR) is 95.2 cm³/mol. The summed E-state index contributed by atoms with van der Waals surface area (Å²) < 4.78 is 29.6. The van der Waals surface area contributed by atoms with Gasteiger partial charge in [-0.3, -0.25) is 14.6 Å². The van der Waals surface area contributed by atoms with E-state index in [-0.39, 0.29) is 4.90 Å². The van der Waals surface area contributed by atoms with Crippen molar-refractivity contribution in [3.63, 3.8) is 0 Å². The van der Waals surface area contributed by atoms with Gasteiger partial charge in [0.2, 0.25) is 5.96 Å². The first-order valence-corrected chi connectivity index (χ1v) is 10.0. The predicted octanol–water partition coefficient (Wildman–Crippen LogP) is 1.12. The Morgan fingerprint density at radius 1 is 1.39 bits per heavy atom. The average Bonchev–Trinajstić information content (AvgIpc) is 2.89. The van der Waals surface area contributed by atoms with Crippen LogP contribution in [0.2, 0.25) is 0 Å². The third-order valence-electron chi connectivity index (χ3n) is 3.00. The normalized spacial score (nSPS) is 14.1. The Bertz CT molecular complexity index is 603. The molecule has 0 aliphatic carbocycles. The zero-order valence-electron chi connectivity index (χ0n) is 13.4. The van der Waals surface area contributed by atoms with Gasteiger partial charge in [-0.05, 0) is 37.5 Å². The van der Waals surface area contributed by atoms with Crippen molar-refractivity contribution in [1.29, 1.82) is 0 Å². The number of rotatable bonds is 5. The third-order valence-corrected chi connectivity index (χ3v) is 4.57. The molecular weight excluding hydrogens is 336 g/mol. The number of nitrogens with zero attached hydrogens (tertiary/aromatic N) is 2. The van der Waals surface area contributed by atoms with Gasteiger partial charge in [-0.15, -0.1) is 0 Å². The molecular formula is C14H24N4O3S2. The van der Waals surface area contributed by atoms with Gasteiger partial charge in [0, 0.05) is 6.54 Å². The average molecular weight is 361 g/mol. The highest BCUT2D eigenvalue weighted by molar-refractivity contribution is 7.98. The molecule has 130 valence electrons. The van der Waals surface area contributed by atoms with E-state index < -0.39 is 10.1 Å². The summed E-state index contributed by atoms with van der Waals surface area (Å²) in [4.78, 5) is 4.15. The van der Waals surface area contributed by atoms with E-state index in [1.54, 1.807) is 17.1 Å². The van der Waals surface area contributed by atoms with Crippen LogP contribution in [0.3, 0.4) is 0 Å². The van der Waals surface area contributed by atoms with Crippen LogP contribution in [0.1, 0.15) is 12.0 Å². The number of thioether (sulfide) groups is 1. The second-order valence-corrected chi connectivity index (χ2v) is 7.37. The molecule has 1 aromatic rings. The summed E-state index contributed by atoms with van der Waals surface area (Å²) in [6.07, 6.45) is 3.27. The molecule has 0 saturated heterocycles. The van der Waals surface area contributed by atoms with Crippen molar-refractivity contribution < 1.29 is 13.0 Å². The van der Waals surface area contributed by atoms with Crippen LogP contribution < -0.4 is 11.2 Å². The van der Waals surface area contributed by atoms with Crippen LogP contribution in [0.5, 0.6) is 0 Å². The SMILES string of the molecule is CSCCCNC1=NCCN1N.Cc1ccc(S(=O)(=O)O)cc1. The first-order valence-electron chi connectivity index (χ1n) is 7.18. The standard InChI is InChI=1S/C7H16N4S.C7H8O3S/c1-12-6-2-3-9-7-10-4-5-11(7)8;1-6-2-4-7(5-3-6)11(8,9)10/h2-6,8H2,1H3,(H,9,10);2-5H,1H3,(H,8,9,10). The molecule has 0 fully saturated rings. The molecule has 0 saturated carbocycles. The van der Waals surface area contributed by atoms with Gasteiger partial charge in [-0.1, -0.05) is 17.7 Å². The molecule has 1 aliphatic rings. The molecule has 23 heavy (non-hydrogen) atoms. The molecule has 1 heterocycles. The van der Waals surface area contributed by atoms with Crippen LogP contribution in [-0.4, -0.2) is 55.6 Å². The summed E-state index contributed by atoms with van der Waals surface area (Å²) in [5, 5.41) is 4.87. The first kappa shape index (κ1) is 19.8. The quantitative estimate of drug-likeness (QED) is 0.410. The van der Waals surface area contributed by atoms with Gasteiger partial charge >= 0.3 is 0 Å². The fraction of sp³-hybridized carbons (Fsp3) is 0.500. The second kappa shape index (κ2) is 9.76. The molecule has 0 bridgehead atoms. The number of nitrogens with one attached hydrogen (secondary N) is 1. The summed E-state index contributed by atoms with van der Waals surface area (Å²) in [5.74, 6) is 7.66. The number of hydrogen-bond acceptors (Lipinski definition) is 7. The zero-order chi connectivity index (χ0) is 17.3. The van der Waals surface area contributed by atoms with E-state index in [4.69, 9.17) is 10.4 Å². The van der Waals surface area contributed by atoms with Gasteiger partial charge in [-0.25, -0.2) is 5.84 Å². The highest BCUT2D eigenvalue weighted by Crippen LogP contribution is 2.08. The van der Waals surface area contributed by atoms with E-state index in [0.29, 0.717) is 0 Å². The molecule has 0 amide bonds. The van der Waals surface area contributed by atoms with Crippen LogP contribution in [0, 0.1) is 6.92 Å². The molecule has 2 rings (SSSR count). The molecule has 0 unspecified atom stereocenters. The Morgan fingerprint density at radius 2 is 2.04 bits per heavy atom. The van der Waals surface area contributed by atoms with E-state index in [9.17, 15) is 8.42 Å². The fourth-order valence-electron chi connectivity index (χ4n) is 1.74. The lowest BCUT2D eigenvalue weighted by Gasteiger charge is -2.14. The van der Waals surface area contributed by atoms with E-state index in [2.05, 4.69) is 16.6 Å². The Labute approximate surface area is 142 Å². The summed E-state index contributed by atoms with van der Waals surface area (Å²) in [7, 11) is -4.02. The Balaban J connectivity index is 0.000000231. The molecule has 1 aromatic carbocycles. The van der Waals surface area contributed by atoms with Crippen molar-refractivity contribution in [2.24, 2.45) is 10.8 Å². The van der Waals surface area contributed by atoms with Gasteiger partial charge in [0.05, 0.1) is 18.0 Å². The minimum Gasteiger partial charge on any atom is -0.355 e. The van der Waals surface area contributed by atoms with Crippen molar-refractivity contribution in [3.05, 3.63) is 29.8 Å². The van der Waals surface area contributed by atoms with Crippen LogP contribution in [0.4, 0.5) is 0 Å². The topological polar surface area (TPSA) is 108 Å². The lowest BCUT2D eigenvalue weighted by atomic mass is 10.2. The van der Waals surface area contributed by atoms with E-state index >= 15 is 0 Å². The smallest absolute Gasteiger partial charge is 0.294 e. The molecule has 7 nitrogen and oxygen atoms in total. The summed E-state index contributed by atoms with van der Waals surface area (Å²) in [5.41, 5.74) is 0.956. The van der Waals surface area contributed by atoms with Crippen molar-refractivity contribution in [1.82, 2.24) is 10.3 Å². The maximum atomic E-state index is 10.5. The molecule has 0 aromatic heterocycles. The maximum Gasteiger partial charge on any atom is 0.294 e. The second-order valence-electron chi connectivity index (χ2n) is 4.96. The Kier molecular flexibility index (Phi) is 8.38. The monoisotopic (exact) mass is 360 g/mol. The minimum atomic E-state index is -4.02. The summed E-state index contributed by atoms with van der Waals surface area (Å²) in [6, 6.07) is 5.99. The fourth-order valence-corrected chi connectivity index (χ4v) is 2.66. The van der Waals surface area contributed by atoms with Crippen LogP contribution in [0.15, 0.2) is 34.2 Å². The number of hydrazine groups is 1. The number of aliphatic imine (C=N–C) groups is 1. The maximum absolute atomic E-state index is 10.5. The Morgan fingerprint density at radius 3 is 2.52 bits per heavy atom. The zero-order valence-corrected chi connectivity index (χ0v) is 15.0. The van der Waals surface area contributed by atoms with Gasteiger partial charge < -0.3 is 5.32 Å².